The van der Waals surface area contributed by atoms with Gasteiger partial charge in [-0.05, 0) is 31.0 Å². The molecule has 21 heavy (non-hydrogen) atoms. The van der Waals surface area contributed by atoms with Crippen LogP contribution in [-0.2, 0) is 19.9 Å². The van der Waals surface area contributed by atoms with E-state index in [9.17, 15) is 21.6 Å². The smallest absolute Gasteiger partial charge is 0.335 e. The van der Waals surface area contributed by atoms with E-state index in [-0.39, 0.29) is 34.7 Å². The molecule has 0 bridgehead atoms. The standard InChI is InChI=1S/C12H17NO6S2/c1-9-10(12(14)15)5-3-6-11(9)21(18,19)13-7-4-8-20(2,16)17/h3,5-6,13H,4,7-8H2,1-2H3,(H,14,15). The minimum atomic E-state index is -3.87. The number of rotatable bonds is 7. The van der Waals surface area contributed by atoms with Gasteiger partial charge < -0.3 is 5.11 Å². The Kier molecular flexibility index (Phi) is 5.48. The van der Waals surface area contributed by atoms with Gasteiger partial charge in [-0.1, -0.05) is 6.07 Å². The van der Waals surface area contributed by atoms with Crippen LogP contribution in [0.3, 0.4) is 0 Å². The van der Waals surface area contributed by atoms with Gasteiger partial charge in [0.2, 0.25) is 10.0 Å². The number of sulfonamides is 1. The average molecular weight is 335 g/mol. The summed E-state index contributed by atoms with van der Waals surface area (Å²) in [5, 5.41) is 8.98. The maximum absolute atomic E-state index is 12.1. The summed E-state index contributed by atoms with van der Waals surface area (Å²) in [7, 11) is -7.02. The third kappa shape index (κ3) is 5.10. The molecule has 0 saturated carbocycles. The van der Waals surface area contributed by atoms with Crippen LogP contribution in [0.5, 0.6) is 0 Å². The minimum absolute atomic E-state index is 0.0356. The average Bonchev–Trinajstić information content (AvgIpc) is 2.33. The Morgan fingerprint density at radius 1 is 1.24 bits per heavy atom. The Labute approximate surface area is 124 Å². The predicted octanol–water partition coefficient (Wildman–Crippen LogP) is 0.406. The normalized spacial score (nSPS) is 12.3. The summed E-state index contributed by atoms with van der Waals surface area (Å²) in [6.45, 7) is 1.38. The number of benzene rings is 1. The quantitative estimate of drug-likeness (QED) is 0.697. The van der Waals surface area contributed by atoms with Crippen LogP contribution in [-0.4, -0.2) is 46.5 Å². The van der Waals surface area contributed by atoms with Crippen molar-refractivity contribution in [3.8, 4) is 0 Å². The summed E-state index contributed by atoms with van der Waals surface area (Å²) in [6, 6.07) is 3.97. The van der Waals surface area contributed by atoms with Gasteiger partial charge in [0.05, 0.1) is 16.2 Å². The Hall–Kier alpha value is -1.45. The highest BCUT2D eigenvalue weighted by atomic mass is 32.2. The first-order valence-electron chi connectivity index (χ1n) is 6.05. The maximum Gasteiger partial charge on any atom is 0.335 e. The highest BCUT2D eigenvalue weighted by Crippen LogP contribution is 2.18. The summed E-state index contributed by atoms with van der Waals surface area (Å²) in [5.74, 6) is -1.33. The topological polar surface area (TPSA) is 118 Å². The lowest BCUT2D eigenvalue weighted by Crippen LogP contribution is -2.27. The van der Waals surface area contributed by atoms with Crippen LogP contribution < -0.4 is 4.72 Å². The maximum atomic E-state index is 12.1. The summed E-state index contributed by atoms with van der Waals surface area (Å²) in [6.07, 6.45) is 1.22. The van der Waals surface area contributed by atoms with E-state index in [0.717, 1.165) is 6.26 Å². The Bertz CT molecular complexity index is 737. The van der Waals surface area contributed by atoms with Crippen molar-refractivity contribution in [2.45, 2.75) is 18.2 Å². The van der Waals surface area contributed by atoms with Crippen LogP contribution in [0.2, 0.25) is 0 Å². The molecular formula is C12H17NO6S2. The summed E-state index contributed by atoms with van der Waals surface area (Å²) < 4.78 is 48.4. The fourth-order valence-corrected chi connectivity index (χ4v) is 3.76. The molecule has 0 aliphatic heterocycles. The fourth-order valence-electron chi connectivity index (χ4n) is 1.76. The second kappa shape index (κ2) is 6.54. The Balaban J connectivity index is 2.89. The zero-order chi connectivity index (χ0) is 16.3. The molecule has 1 aromatic rings. The molecule has 0 unspecified atom stereocenters. The van der Waals surface area contributed by atoms with Crippen molar-refractivity contribution in [3.05, 3.63) is 29.3 Å². The van der Waals surface area contributed by atoms with Crippen molar-refractivity contribution in [2.24, 2.45) is 0 Å². The van der Waals surface area contributed by atoms with Gasteiger partial charge in [-0.15, -0.1) is 0 Å². The number of aromatic carboxylic acids is 1. The largest absolute Gasteiger partial charge is 0.478 e. The Morgan fingerprint density at radius 2 is 1.86 bits per heavy atom. The number of carboxylic acids is 1. The van der Waals surface area contributed by atoms with Gasteiger partial charge in [0, 0.05) is 12.8 Å². The molecule has 0 aromatic heterocycles. The monoisotopic (exact) mass is 335 g/mol. The third-order valence-electron chi connectivity index (χ3n) is 2.79. The van der Waals surface area contributed by atoms with E-state index in [1.807, 2.05) is 0 Å². The molecule has 118 valence electrons. The first-order chi connectivity index (χ1) is 9.54. The zero-order valence-corrected chi connectivity index (χ0v) is 13.3. The third-order valence-corrected chi connectivity index (χ3v) is 5.42. The van der Waals surface area contributed by atoms with Gasteiger partial charge in [-0.25, -0.2) is 26.4 Å². The van der Waals surface area contributed by atoms with Crippen molar-refractivity contribution in [1.82, 2.24) is 4.72 Å². The number of nitrogens with one attached hydrogen (secondary N) is 1. The molecule has 1 aromatic carbocycles. The lowest BCUT2D eigenvalue weighted by molar-refractivity contribution is 0.0695. The van der Waals surface area contributed by atoms with Crippen molar-refractivity contribution >= 4 is 25.8 Å². The molecule has 0 heterocycles. The van der Waals surface area contributed by atoms with Gasteiger partial charge in [0.1, 0.15) is 9.84 Å². The molecule has 2 N–H and O–H groups in total. The first-order valence-corrected chi connectivity index (χ1v) is 9.59. The molecule has 1 rings (SSSR count). The van der Waals surface area contributed by atoms with Crippen molar-refractivity contribution in [2.75, 3.05) is 18.6 Å². The molecule has 0 spiro atoms. The highest BCUT2D eigenvalue weighted by molar-refractivity contribution is 7.90. The summed E-state index contributed by atoms with van der Waals surface area (Å²) in [5.41, 5.74) is 0.0506. The van der Waals surface area contributed by atoms with E-state index in [2.05, 4.69) is 4.72 Å². The van der Waals surface area contributed by atoms with Gasteiger partial charge in [0.15, 0.2) is 0 Å². The van der Waals surface area contributed by atoms with Crippen LogP contribution in [0, 0.1) is 6.92 Å². The summed E-state index contributed by atoms with van der Waals surface area (Å²) in [4.78, 5) is 10.9. The lowest BCUT2D eigenvalue weighted by atomic mass is 10.1. The van der Waals surface area contributed by atoms with Gasteiger partial charge in [-0.3, -0.25) is 0 Å². The second-order valence-corrected chi connectivity index (χ2v) is 8.61. The van der Waals surface area contributed by atoms with Crippen LogP contribution in [0.1, 0.15) is 22.3 Å². The van der Waals surface area contributed by atoms with Gasteiger partial charge >= 0.3 is 5.97 Å². The first kappa shape index (κ1) is 17.6. The van der Waals surface area contributed by atoms with Crippen molar-refractivity contribution < 1.29 is 26.7 Å². The molecular weight excluding hydrogens is 318 g/mol. The van der Waals surface area contributed by atoms with E-state index in [1.54, 1.807) is 0 Å². The molecule has 0 radical (unpaired) electrons. The van der Waals surface area contributed by atoms with E-state index in [0.29, 0.717) is 0 Å². The lowest BCUT2D eigenvalue weighted by Gasteiger charge is -2.10. The molecule has 7 nitrogen and oxygen atoms in total. The van der Waals surface area contributed by atoms with E-state index < -0.39 is 25.8 Å². The van der Waals surface area contributed by atoms with Crippen molar-refractivity contribution in [1.29, 1.82) is 0 Å². The Morgan fingerprint density at radius 3 is 2.38 bits per heavy atom. The number of carboxylic acid groups (broad SMARTS) is 1. The highest BCUT2D eigenvalue weighted by Gasteiger charge is 2.20. The molecule has 0 saturated heterocycles. The van der Waals surface area contributed by atoms with Crippen LogP contribution in [0.4, 0.5) is 0 Å². The van der Waals surface area contributed by atoms with Gasteiger partial charge in [0.25, 0.3) is 0 Å². The fraction of sp³-hybridized carbons (Fsp3) is 0.417. The molecule has 0 amide bonds. The number of hydrogen-bond acceptors (Lipinski definition) is 5. The minimum Gasteiger partial charge on any atom is -0.478 e. The molecule has 9 heteroatoms. The number of hydrogen-bond donors (Lipinski definition) is 2. The van der Waals surface area contributed by atoms with Crippen LogP contribution >= 0.6 is 0 Å². The van der Waals surface area contributed by atoms with Crippen molar-refractivity contribution in [3.63, 3.8) is 0 Å². The molecule has 0 aliphatic rings. The zero-order valence-electron chi connectivity index (χ0n) is 11.7. The van der Waals surface area contributed by atoms with E-state index in [4.69, 9.17) is 5.11 Å². The molecule has 0 fully saturated rings. The molecule has 0 aliphatic carbocycles. The summed E-state index contributed by atoms with van der Waals surface area (Å²) >= 11 is 0. The van der Waals surface area contributed by atoms with E-state index >= 15 is 0 Å². The van der Waals surface area contributed by atoms with E-state index in [1.165, 1.54) is 25.1 Å². The molecule has 0 atom stereocenters. The predicted molar refractivity (Wildman–Crippen MR) is 77.7 cm³/mol. The number of sulfone groups is 1. The SMILES string of the molecule is Cc1c(C(=O)O)cccc1S(=O)(=O)NCCCS(C)(=O)=O. The number of carbonyl (C=O) groups is 1. The van der Waals surface area contributed by atoms with Crippen LogP contribution in [0.15, 0.2) is 23.1 Å². The van der Waals surface area contributed by atoms with Gasteiger partial charge in [-0.2, -0.15) is 0 Å². The van der Waals surface area contributed by atoms with Crippen LogP contribution in [0.25, 0.3) is 0 Å². The second-order valence-electron chi connectivity index (χ2n) is 4.62.